The van der Waals surface area contributed by atoms with Crippen molar-refractivity contribution < 1.29 is 8.42 Å². The van der Waals surface area contributed by atoms with Crippen LogP contribution in [0.15, 0.2) is 11.4 Å². The number of hydrogen-bond donors (Lipinski definition) is 0. The lowest BCUT2D eigenvalue weighted by Crippen LogP contribution is -2.28. The zero-order chi connectivity index (χ0) is 11.1. The Morgan fingerprint density at radius 1 is 1.47 bits per heavy atom. The Morgan fingerprint density at radius 2 is 2.20 bits per heavy atom. The lowest BCUT2D eigenvalue weighted by atomic mass is 10.1. The van der Waals surface area contributed by atoms with Gasteiger partial charge in [-0.25, -0.2) is 18.4 Å². The molecule has 0 unspecified atom stereocenters. The van der Waals surface area contributed by atoms with Crippen LogP contribution in [-0.4, -0.2) is 43.1 Å². The van der Waals surface area contributed by atoms with Crippen LogP contribution >= 0.6 is 0 Å². The minimum atomic E-state index is -3.29. The van der Waals surface area contributed by atoms with E-state index in [1.54, 1.807) is 6.20 Å². The Morgan fingerprint density at radius 3 is 2.87 bits per heavy atom. The van der Waals surface area contributed by atoms with Crippen LogP contribution in [0.25, 0.3) is 0 Å². The number of rotatable bonds is 1. The van der Waals surface area contributed by atoms with Gasteiger partial charge in [-0.3, -0.25) is 0 Å². The summed E-state index contributed by atoms with van der Waals surface area (Å²) in [7, 11) is -1.30. The van der Waals surface area contributed by atoms with Gasteiger partial charge in [0.05, 0.1) is 5.69 Å². The van der Waals surface area contributed by atoms with Gasteiger partial charge in [0.25, 0.3) is 0 Å². The SMILES string of the molecule is CN1CCc2cnc(S(C)(=O)=O)nc2C1. The summed E-state index contributed by atoms with van der Waals surface area (Å²) < 4.78 is 22.5. The molecule has 2 heterocycles. The number of hydrogen-bond acceptors (Lipinski definition) is 5. The summed E-state index contributed by atoms with van der Waals surface area (Å²) in [4.78, 5) is 10.1. The van der Waals surface area contributed by atoms with Crippen molar-refractivity contribution in [1.29, 1.82) is 0 Å². The molecule has 0 spiro atoms. The lowest BCUT2D eigenvalue weighted by Gasteiger charge is -2.23. The molecule has 0 aliphatic carbocycles. The van der Waals surface area contributed by atoms with E-state index in [1.807, 2.05) is 7.05 Å². The number of sulfone groups is 1. The van der Waals surface area contributed by atoms with Crippen molar-refractivity contribution in [1.82, 2.24) is 14.9 Å². The van der Waals surface area contributed by atoms with Crippen molar-refractivity contribution in [3.05, 3.63) is 17.5 Å². The lowest BCUT2D eigenvalue weighted by molar-refractivity contribution is 0.305. The standard InChI is InChI=1S/C9H13N3O2S/c1-12-4-3-7-5-10-9(15(2,13)14)11-8(7)6-12/h5H,3-4,6H2,1-2H3. The smallest absolute Gasteiger partial charge is 0.247 e. The third-order valence-corrected chi connectivity index (χ3v) is 3.31. The molecule has 1 aromatic rings. The van der Waals surface area contributed by atoms with Crippen molar-refractivity contribution in [3.63, 3.8) is 0 Å². The first-order valence-corrected chi connectivity index (χ1v) is 6.59. The van der Waals surface area contributed by atoms with Gasteiger partial charge in [-0.15, -0.1) is 0 Å². The van der Waals surface area contributed by atoms with Gasteiger partial charge < -0.3 is 4.90 Å². The molecular weight excluding hydrogens is 214 g/mol. The minimum Gasteiger partial charge on any atom is -0.300 e. The van der Waals surface area contributed by atoms with E-state index in [-0.39, 0.29) is 5.16 Å². The van der Waals surface area contributed by atoms with Crippen LogP contribution in [0.5, 0.6) is 0 Å². The first kappa shape index (κ1) is 10.5. The molecule has 5 nitrogen and oxygen atoms in total. The average molecular weight is 227 g/mol. The molecule has 1 aliphatic rings. The van der Waals surface area contributed by atoms with Gasteiger partial charge in [0, 0.05) is 25.5 Å². The van der Waals surface area contributed by atoms with Gasteiger partial charge in [-0.2, -0.15) is 0 Å². The van der Waals surface area contributed by atoms with E-state index in [1.165, 1.54) is 0 Å². The van der Waals surface area contributed by atoms with Crippen LogP contribution < -0.4 is 0 Å². The highest BCUT2D eigenvalue weighted by molar-refractivity contribution is 7.90. The van der Waals surface area contributed by atoms with Crippen molar-refractivity contribution in [2.75, 3.05) is 19.8 Å². The predicted molar refractivity (Wildman–Crippen MR) is 55.2 cm³/mol. The Kier molecular flexibility index (Phi) is 2.47. The van der Waals surface area contributed by atoms with E-state index in [2.05, 4.69) is 14.9 Å². The van der Waals surface area contributed by atoms with Crippen LogP contribution in [0.1, 0.15) is 11.3 Å². The monoisotopic (exact) mass is 227 g/mol. The van der Waals surface area contributed by atoms with Gasteiger partial charge in [-0.1, -0.05) is 0 Å². The van der Waals surface area contributed by atoms with Crippen LogP contribution in [0.2, 0.25) is 0 Å². The number of likely N-dealkylation sites (N-methyl/N-ethyl adjacent to an activating group) is 1. The first-order valence-electron chi connectivity index (χ1n) is 4.70. The van der Waals surface area contributed by atoms with E-state index in [9.17, 15) is 8.42 Å². The first-order chi connectivity index (χ1) is 6.97. The molecule has 2 rings (SSSR count). The van der Waals surface area contributed by atoms with Gasteiger partial charge in [0.2, 0.25) is 15.0 Å². The molecule has 6 heteroatoms. The largest absolute Gasteiger partial charge is 0.300 e. The van der Waals surface area contributed by atoms with Gasteiger partial charge >= 0.3 is 0 Å². The van der Waals surface area contributed by atoms with E-state index < -0.39 is 9.84 Å². The quantitative estimate of drug-likeness (QED) is 0.625. The molecule has 82 valence electrons. The maximum atomic E-state index is 11.3. The van der Waals surface area contributed by atoms with E-state index in [4.69, 9.17) is 0 Å². The highest BCUT2D eigenvalue weighted by Crippen LogP contribution is 2.16. The molecule has 1 aromatic heterocycles. The second-order valence-electron chi connectivity index (χ2n) is 3.88. The van der Waals surface area contributed by atoms with E-state index >= 15 is 0 Å². The van der Waals surface area contributed by atoms with Crippen LogP contribution in [0.4, 0.5) is 0 Å². The van der Waals surface area contributed by atoms with Gasteiger partial charge in [0.1, 0.15) is 0 Å². The highest BCUT2D eigenvalue weighted by Gasteiger charge is 2.18. The fourth-order valence-electron chi connectivity index (χ4n) is 1.59. The number of nitrogens with zero attached hydrogens (tertiary/aromatic N) is 3. The van der Waals surface area contributed by atoms with Crippen LogP contribution in [0.3, 0.4) is 0 Å². The fourth-order valence-corrected chi connectivity index (χ4v) is 2.11. The molecule has 0 saturated carbocycles. The van der Waals surface area contributed by atoms with Crippen LogP contribution in [-0.2, 0) is 22.8 Å². The fraction of sp³-hybridized carbons (Fsp3) is 0.556. The van der Waals surface area contributed by atoms with Crippen LogP contribution in [0, 0.1) is 0 Å². The summed E-state index contributed by atoms with van der Waals surface area (Å²) in [5.74, 6) is 0. The van der Waals surface area contributed by atoms with Crippen molar-refractivity contribution in [2.24, 2.45) is 0 Å². The van der Waals surface area contributed by atoms with Crippen molar-refractivity contribution in [3.8, 4) is 0 Å². The topological polar surface area (TPSA) is 63.2 Å². The highest BCUT2D eigenvalue weighted by atomic mass is 32.2. The maximum absolute atomic E-state index is 11.3. The molecule has 0 N–H and O–H groups in total. The predicted octanol–water partition coefficient (Wildman–Crippen LogP) is -0.132. The third-order valence-electron chi connectivity index (χ3n) is 2.45. The van der Waals surface area contributed by atoms with E-state index in [0.29, 0.717) is 6.54 Å². The molecular formula is C9H13N3O2S. The third kappa shape index (κ3) is 2.15. The molecule has 1 aliphatic heterocycles. The van der Waals surface area contributed by atoms with Crippen molar-refractivity contribution in [2.45, 2.75) is 18.1 Å². The Labute approximate surface area is 89.1 Å². The van der Waals surface area contributed by atoms with E-state index in [0.717, 1.165) is 30.5 Å². The summed E-state index contributed by atoms with van der Waals surface area (Å²) >= 11 is 0. The molecule has 0 amide bonds. The second kappa shape index (κ2) is 3.53. The van der Waals surface area contributed by atoms with Gasteiger partial charge in [-0.05, 0) is 19.0 Å². The normalized spacial score (nSPS) is 17.5. The Hall–Kier alpha value is -1.01. The number of fused-ring (bicyclic) bond motifs is 1. The summed E-state index contributed by atoms with van der Waals surface area (Å²) in [5, 5.41) is -0.0726. The zero-order valence-corrected chi connectivity index (χ0v) is 9.58. The second-order valence-corrected chi connectivity index (χ2v) is 5.79. The molecule has 0 radical (unpaired) electrons. The Bertz CT molecular complexity index is 484. The molecule has 0 fully saturated rings. The zero-order valence-electron chi connectivity index (χ0n) is 8.77. The molecule has 15 heavy (non-hydrogen) atoms. The minimum absolute atomic E-state index is 0.0726. The maximum Gasteiger partial charge on any atom is 0.247 e. The molecule has 0 bridgehead atoms. The number of aromatic nitrogens is 2. The summed E-state index contributed by atoms with van der Waals surface area (Å²) in [6.07, 6.45) is 3.64. The average Bonchev–Trinajstić information content (AvgIpc) is 2.15. The summed E-state index contributed by atoms with van der Waals surface area (Å²) in [5.41, 5.74) is 1.89. The van der Waals surface area contributed by atoms with Crippen molar-refractivity contribution >= 4 is 9.84 Å². The molecule has 0 atom stereocenters. The summed E-state index contributed by atoms with van der Waals surface area (Å²) in [6.45, 7) is 1.66. The summed E-state index contributed by atoms with van der Waals surface area (Å²) in [6, 6.07) is 0. The Balaban J connectivity index is 2.46. The van der Waals surface area contributed by atoms with Gasteiger partial charge in [0.15, 0.2) is 0 Å². The molecule has 0 aromatic carbocycles. The molecule has 0 saturated heterocycles.